The number of amides is 1. The molecule has 0 aliphatic carbocycles. The molecular formula is C18H17N3O2S. The molecule has 0 saturated heterocycles. The van der Waals surface area contributed by atoms with Crippen LogP contribution in [0.3, 0.4) is 0 Å². The topological polar surface area (TPSA) is 67.2 Å². The van der Waals surface area contributed by atoms with Gasteiger partial charge in [-0.25, -0.2) is 4.98 Å². The molecule has 0 atom stereocenters. The van der Waals surface area contributed by atoms with Gasteiger partial charge in [-0.2, -0.15) is 0 Å². The van der Waals surface area contributed by atoms with Crippen LogP contribution in [0.4, 0.5) is 5.69 Å². The summed E-state index contributed by atoms with van der Waals surface area (Å²) in [4.78, 5) is 15.5. The van der Waals surface area contributed by atoms with Crippen molar-refractivity contribution in [2.45, 2.75) is 20.8 Å². The number of aryl methyl sites for hydroxylation is 2. The Morgan fingerprint density at radius 3 is 2.54 bits per heavy atom. The first-order valence-electron chi connectivity index (χ1n) is 7.49. The van der Waals surface area contributed by atoms with Crippen LogP contribution in [-0.4, -0.2) is 16.0 Å². The number of thiocarbonyl (C=S) groups is 1. The highest BCUT2D eigenvalue weighted by molar-refractivity contribution is 7.80. The Kier molecular flexibility index (Phi) is 4.31. The lowest BCUT2D eigenvalue weighted by Crippen LogP contribution is -2.32. The maximum absolute atomic E-state index is 11.0. The smallest absolute Gasteiger partial charge is 0.227 e. The van der Waals surface area contributed by atoms with Crippen LogP contribution in [0.2, 0.25) is 0 Å². The standard InChI is InChI=1S/C18H17N3O2S/c1-10-8-11(2)16-15(9-10)21-17(23-16)13-4-6-14(7-5-13)20-18(24)19-12(3)22/h4-9H,1-3H3,(H2,19,20,22,24). The summed E-state index contributed by atoms with van der Waals surface area (Å²) in [7, 11) is 0. The van der Waals surface area contributed by atoms with Gasteiger partial charge in [-0.15, -0.1) is 0 Å². The zero-order valence-corrected chi connectivity index (χ0v) is 14.5. The van der Waals surface area contributed by atoms with Crippen LogP contribution >= 0.6 is 12.2 Å². The van der Waals surface area contributed by atoms with Crippen LogP contribution in [0.25, 0.3) is 22.6 Å². The maximum Gasteiger partial charge on any atom is 0.227 e. The first-order chi connectivity index (χ1) is 11.4. The number of nitrogens with zero attached hydrogens (tertiary/aromatic N) is 1. The summed E-state index contributed by atoms with van der Waals surface area (Å²) in [5.41, 5.74) is 5.55. The van der Waals surface area contributed by atoms with Crippen LogP contribution in [0.1, 0.15) is 18.1 Å². The van der Waals surface area contributed by atoms with Crippen molar-refractivity contribution in [2.24, 2.45) is 0 Å². The number of anilines is 1. The molecule has 6 heteroatoms. The largest absolute Gasteiger partial charge is 0.436 e. The summed E-state index contributed by atoms with van der Waals surface area (Å²) >= 11 is 5.03. The van der Waals surface area contributed by atoms with Crippen LogP contribution in [0.5, 0.6) is 0 Å². The molecule has 2 N–H and O–H groups in total. The second-order valence-corrected chi connectivity index (χ2v) is 6.07. The number of carbonyl (C=O) groups is 1. The molecule has 1 heterocycles. The molecule has 1 amide bonds. The van der Waals surface area contributed by atoms with E-state index in [9.17, 15) is 4.79 Å². The third-order valence-corrected chi connectivity index (χ3v) is 3.70. The molecule has 24 heavy (non-hydrogen) atoms. The van der Waals surface area contributed by atoms with Crippen molar-refractivity contribution in [2.75, 3.05) is 5.32 Å². The molecule has 122 valence electrons. The van der Waals surface area contributed by atoms with Crippen molar-refractivity contribution in [3.63, 3.8) is 0 Å². The third-order valence-electron chi connectivity index (χ3n) is 3.50. The fourth-order valence-electron chi connectivity index (χ4n) is 2.52. The zero-order valence-electron chi connectivity index (χ0n) is 13.6. The van der Waals surface area contributed by atoms with Gasteiger partial charge < -0.3 is 15.1 Å². The van der Waals surface area contributed by atoms with Crippen molar-refractivity contribution in [1.29, 1.82) is 0 Å². The summed E-state index contributed by atoms with van der Waals surface area (Å²) in [5, 5.41) is 5.73. The molecule has 0 fully saturated rings. The highest BCUT2D eigenvalue weighted by Crippen LogP contribution is 2.28. The number of aromatic nitrogens is 1. The lowest BCUT2D eigenvalue weighted by atomic mass is 10.1. The predicted molar refractivity (Wildman–Crippen MR) is 99.0 cm³/mol. The first-order valence-corrected chi connectivity index (χ1v) is 7.90. The normalized spacial score (nSPS) is 10.6. The van der Waals surface area contributed by atoms with E-state index in [4.69, 9.17) is 16.6 Å². The molecule has 0 unspecified atom stereocenters. The fraction of sp³-hybridized carbons (Fsp3) is 0.167. The van der Waals surface area contributed by atoms with Crippen molar-refractivity contribution in [1.82, 2.24) is 10.3 Å². The number of benzene rings is 2. The summed E-state index contributed by atoms with van der Waals surface area (Å²) in [6.07, 6.45) is 0. The molecule has 0 aliphatic rings. The van der Waals surface area contributed by atoms with Gasteiger partial charge in [0, 0.05) is 18.2 Å². The van der Waals surface area contributed by atoms with E-state index < -0.39 is 0 Å². The number of carbonyl (C=O) groups excluding carboxylic acids is 1. The van der Waals surface area contributed by atoms with E-state index in [1.165, 1.54) is 6.92 Å². The Morgan fingerprint density at radius 1 is 1.17 bits per heavy atom. The van der Waals surface area contributed by atoms with E-state index in [2.05, 4.69) is 21.7 Å². The van der Waals surface area contributed by atoms with Gasteiger partial charge in [0.2, 0.25) is 11.8 Å². The van der Waals surface area contributed by atoms with Gasteiger partial charge in [0.15, 0.2) is 10.7 Å². The minimum atomic E-state index is -0.207. The Labute approximate surface area is 145 Å². The molecule has 0 radical (unpaired) electrons. The summed E-state index contributed by atoms with van der Waals surface area (Å²) in [5.74, 6) is 0.371. The van der Waals surface area contributed by atoms with Crippen LogP contribution in [0, 0.1) is 13.8 Å². The fourth-order valence-corrected chi connectivity index (χ4v) is 2.78. The molecule has 3 rings (SSSR count). The Morgan fingerprint density at radius 2 is 1.88 bits per heavy atom. The first kappa shape index (κ1) is 16.1. The lowest BCUT2D eigenvalue weighted by Gasteiger charge is -2.07. The van der Waals surface area contributed by atoms with Gasteiger partial charge in [0.1, 0.15) is 5.52 Å². The Bertz CT molecular complexity index is 929. The summed E-state index contributed by atoms with van der Waals surface area (Å²) < 4.78 is 5.90. The monoisotopic (exact) mass is 339 g/mol. The maximum atomic E-state index is 11.0. The average Bonchev–Trinajstić information content (AvgIpc) is 2.91. The molecule has 0 saturated carbocycles. The number of oxazole rings is 1. The van der Waals surface area contributed by atoms with Gasteiger partial charge in [-0.1, -0.05) is 6.07 Å². The van der Waals surface area contributed by atoms with E-state index in [0.717, 1.165) is 33.5 Å². The average molecular weight is 339 g/mol. The van der Waals surface area contributed by atoms with Gasteiger partial charge >= 0.3 is 0 Å². The molecule has 0 spiro atoms. The quantitative estimate of drug-likeness (QED) is 0.692. The number of hydrogen-bond acceptors (Lipinski definition) is 4. The van der Waals surface area contributed by atoms with E-state index in [-0.39, 0.29) is 11.0 Å². The number of rotatable bonds is 2. The van der Waals surface area contributed by atoms with Crippen molar-refractivity contribution in [3.05, 3.63) is 47.5 Å². The van der Waals surface area contributed by atoms with Gasteiger partial charge in [0.05, 0.1) is 0 Å². The number of nitrogens with one attached hydrogen (secondary N) is 2. The zero-order chi connectivity index (χ0) is 17.3. The van der Waals surface area contributed by atoms with Crippen LogP contribution in [-0.2, 0) is 4.79 Å². The van der Waals surface area contributed by atoms with Gasteiger partial charge in [0.25, 0.3) is 0 Å². The van der Waals surface area contributed by atoms with Crippen LogP contribution in [0.15, 0.2) is 40.8 Å². The van der Waals surface area contributed by atoms with E-state index in [1.807, 2.05) is 44.2 Å². The second kappa shape index (κ2) is 6.41. The summed E-state index contributed by atoms with van der Waals surface area (Å²) in [6, 6.07) is 11.6. The predicted octanol–water partition coefficient (Wildman–Crippen LogP) is 3.94. The van der Waals surface area contributed by atoms with E-state index >= 15 is 0 Å². The highest BCUT2D eigenvalue weighted by atomic mass is 32.1. The molecular weight excluding hydrogens is 322 g/mol. The van der Waals surface area contributed by atoms with E-state index in [1.54, 1.807) is 0 Å². The molecule has 5 nitrogen and oxygen atoms in total. The second-order valence-electron chi connectivity index (χ2n) is 5.66. The third kappa shape index (κ3) is 3.44. The molecule has 0 aliphatic heterocycles. The molecule has 1 aromatic heterocycles. The van der Waals surface area contributed by atoms with Gasteiger partial charge in [-0.3, -0.25) is 4.79 Å². The van der Waals surface area contributed by atoms with Crippen molar-refractivity contribution < 1.29 is 9.21 Å². The molecule has 2 aromatic carbocycles. The van der Waals surface area contributed by atoms with Crippen LogP contribution < -0.4 is 10.6 Å². The highest BCUT2D eigenvalue weighted by Gasteiger charge is 2.11. The van der Waals surface area contributed by atoms with Crippen molar-refractivity contribution >= 4 is 40.0 Å². The number of fused-ring (bicyclic) bond motifs is 1. The minimum Gasteiger partial charge on any atom is -0.436 e. The summed E-state index contributed by atoms with van der Waals surface area (Å²) in [6.45, 7) is 5.47. The van der Waals surface area contributed by atoms with Gasteiger partial charge in [-0.05, 0) is 67.5 Å². The van der Waals surface area contributed by atoms with Crippen molar-refractivity contribution in [3.8, 4) is 11.5 Å². The number of hydrogen-bond donors (Lipinski definition) is 2. The van der Waals surface area contributed by atoms with E-state index in [0.29, 0.717) is 5.89 Å². The minimum absolute atomic E-state index is 0.207. The SMILES string of the molecule is CC(=O)NC(=S)Nc1ccc(-c2nc3cc(C)cc(C)c3o2)cc1. The molecule has 3 aromatic rings. The molecule has 0 bridgehead atoms. The Balaban J connectivity index is 1.84. The Hall–Kier alpha value is -2.73. The lowest BCUT2D eigenvalue weighted by molar-refractivity contribution is -0.117.